The zero-order chi connectivity index (χ0) is 8.55. The highest BCUT2D eigenvalue weighted by atomic mass is 16.5. The second-order valence-electron chi connectivity index (χ2n) is 2.91. The van der Waals surface area contributed by atoms with Crippen molar-refractivity contribution in [3.8, 4) is 0 Å². The van der Waals surface area contributed by atoms with Crippen LogP contribution in [0.5, 0.6) is 0 Å². The molecule has 1 N–H and O–H groups in total. The predicted octanol–water partition coefficient (Wildman–Crippen LogP) is 2.08. The summed E-state index contributed by atoms with van der Waals surface area (Å²) in [7, 11) is 0. The highest BCUT2D eigenvalue weighted by Gasteiger charge is 2.20. The number of aliphatic hydroxyl groups excluding tert-OH is 1. The SMILES string of the molecule is CCc1noc2c1C(O)=CCC2. The van der Waals surface area contributed by atoms with Gasteiger partial charge < -0.3 is 9.63 Å². The van der Waals surface area contributed by atoms with Gasteiger partial charge in [-0.25, -0.2) is 0 Å². The van der Waals surface area contributed by atoms with E-state index < -0.39 is 0 Å². The summed E-state index contributed by atoms with van der Waals surface area (Å²) in [5.41, 5.74) is 1.68. The van der Waals surface area contributed by atoms with Crippen LogP contribution in [0, 0.1) is 0 Å². The number of hydrogen-bond donors (Lipinski definition) is 1. The third-order valence-electron chi connectivity index (χ3n) is 2.13. The van der Waals surface area contributed by atoms with Crippen molar-refractivity contribution >= 4 is 5.76 Å². The van der Waals surface area contributed by atoms with Crippen LogP contribution in [0.4, 0.5) is 0 Å². The lowest BCUT2D eigenvalue weighted by Gasteiger charge is -2.06. The summed E-state index contributed by atoms with van der Waals surface area (Å²) in [6.07, 6.45) is 4.32. The molecule has 1 aliphatic rings. The van der Waals surface area contributed by atoms with E-state index in [4.69, 9.17) is 4.52 Å². The van der Waals surface area contributed by atoms with E-state index in [0.29, 0.717) is 5.76 Å². The van der Waals surface area contributed by atoms with Gasteiger partial charge in [0.15, 0.2) is 0 Å². The smallest absolute Gasteiger partial charge is 0.148 e. The molecular formula is C9H11NO2. The monoisotopic (exact) mass is 165 g/mol. The van der Waals surface area contributed by atoms with Gasteiger partial charge in [0.25, 0.3) is 0 Å². The van der Waals surface area contributed by atoms with Gasteiger partial charge in [0.2, 0.25) is 0 Å². The predicted molar refractivity (Wildman–Crippen MR) is 44.8 cm³/mol. The first-order valence-electron chi connectivity index (χ1n) is 4.20. The van der Waals surface area contributed by atoms with E-state index >= 15 is 0 Å². The zero-order valence-corrected chi connectivity index (χ0v) is 7.00. The summed E-state index contributed by atoms with van der Waals surface area (Å²) in [6.45, 7) is 2.00. The maximum Gasteiger partial charge on any atom is 0.148 e. The first kappa shape index (κ1) is 7.40. The molecule has 0 fully saturated rings. The molecule has 3 nitrogen and oxygen atoms in total. The third-order valence-corrected chi connectivity index (χ3v) is 2.13. The van der Waals surface area contributed by atoms with Gasteiger partial charge in [-0.1, -0.05) is 12.1 Å². The fraction of sp³-hybridized carbons (Fsp3) is 0.444. The number of nitrogens with zero attached hydrogens (tertiary/aromatic N) is 1. The van der Waals surface area contributed by atoms with Gasteiger partial charge in [-0.15, -0.1) is 0 Å². The van der Waals surface area contributed by atoms with Gasteiger partial charge in [0, 0.05) is 6.42 Å². The fourth-order valence-electron chi connectivity index (χ4n) is 1.51. The molecule has 0 amide bonds. The molecule has 0 saturated carbocycles. The van der Waals surface area contributed by atoms with Gasteiger partial charge in [0.05, 0.1) is 11.3 Å². The summed E-state index contributed by atoms with van der Waals surface area (Å²) >= 11 is 0. The minimum absolute atomic E-state index is 0.328. The molecule has 0 radical (unpaired) electrons. The van der Waals surface area contributed by atoms with Crippen molar-refractivity contribution in [2.45, 2.75) is 26.2 Å². The first-order valence-corrected chi connectivity index (χ1v) is 4.20. The van der Waals surface area contributed by atoms with Crippen LogP contribution in [0.1, 0.15) is 30.4 Å². The number of rotatable bonds is 1. The molecule has 0 unspecified atom stereocenters. The Morgan fingerprint density at radius 3 is 3.25 bits per heavy atom. The Morgan fingerprint density at radius 1 is 1.67 bits per heavy atom. The lowest BCUT2D eigenvalue weighted by molar-refractivity contribution is 0.375. The van der Waals surface area contributed by atoms with Gasteiger partial charge in [-0.05, 0) is 18.9 Å². The van der Waals surface area contributed by atoms with Crippen molar-refractivity contribution in [1.82, 2.24) is 5.16 Å². The maximum absolute atomic E-state index is 9.52. The number of hydrogen-bond acceptors (Lipinski definition) is 3. The second kappa shape index (κ2) is 2.66. The number of allylic oxidation sites excluding steroid dienone is 1. The van der Waals surface area contributed by atoms with E-state index in [2.05, 4.69) is 5.16 Å². The van der Waals surface area contributed by atoms with Crippen LogP contribution in [0.2, 0.25) is 0 Å². The lowest BCUT2D eigenvalue weighted by Crippen LogP contribution is -1.98. The average Bonchev–Trinajstić information content (AvgIpc) is 2.49. The summed E-state index contributed by atoms with van der Waals surface area (Å²) in [6, 6.07) is 0. The van der Waals surface area contributed by atoms with Gasteiger partial charge >= 0.3 is 0 Å². The summed E-state index contributed by atoms with van der Waals surface area (Å²) in [4.78, 5) is 0. The molecule has 1 aromatic heterocycles. The fourth-order valence-corrected chi connectivity index (χ4v) is 1.51. The topological polar surface area (TPSA) is 46.3 Å². The average molecular weight is 165 g/mol. The van der Waals surface area contributed by atoms with Crippen LogP contribution in [-0.4, -0.2) is 10.3 Å². The molecular weight excluding hydrogens is 154 g/mol. The Labute approximate surface area is 70.7 Å². The summed E-state index contributed by atoms with van der Waals surface area (Å²) in [5.74, 6) is 1.15. The van der Waals surface area contributed by atoms with E-state index in [0.717, 1.165) is 36.3 Å². The molecule has 1 heterocycles. The Kier molecular flexibility index (Phi) is 1.64. The van der Waals surface area contributed by atoms with Crippen molar-refractivity contribution < 1.29 is 9.63 Å². The third kappa shape index (κ3) is 0.932. The highest BCUT2D eigenvalue weighted by Crippen LogP contribution is 2.27. The molecule has 12 heavy (non-hydrogen) atoms. The lowest BCUT2D eigenvalue weighted by atomic mass is 10.0. The molecule has 0 atom stereocenters. The Balaban J connectivity index is 2.54. The van der Waals surface area contributed by atoms with Crippen LogP contribution < -0.4 is 0 Å². The van der Waals surface area contributed by atoms with Crippen LogP contribution in [0.15, 0.2) is 10.6 Å². The van der Waals surface area contributed by atoms with Gasteiger partial charge in [0.1, 0.15) is 11.5 Å². The Hall–Kier alpha value is -1.25. The van der Waals surface area contributed by atoms with E-state index in [-0.39, 0.29) is 0 Å². The standard InChI is InChI=1S/C9H11NO2/c1-2-6-9-7(11)4-3-5-8(9)12-10-6/h4,11H,2-3,5H2,1H3. The molecule has 3 heteroatoms. The maximum atomic E-state index is 9.52. The molecule has 0 spiro atoms. The van der Waals surface area contributed by atoms with Crippen molar-refractivity contribution in [2.24, 2.45) is 0 Å². The second-order valence-corrected chi connectivity index (χ2v) is 2.91. The Bertz CT molecular complexity index is 325. The molecule has 0 aromatic carbocycles. The van der Waals surface area contributed by atoms with E-state index in [1.54, 1.807) is 0 Å². The summed E-state index contributed by atoms with van der Waals surface area (Å²) < 4.78 is 5.10. The molecule has 2 rings (SSSR count). The van der Waals surface area contributed by atoms with Crippen molar-refractivity contribution in [2.75, 3.05) is 0 Å². The summed E-state index contributed by atoms with van der Waals surface area (Å²) in [5, 5.41) is 13.4. The van der Waals surface area contributed by atoms with E-state index in [1.165, 1.54) is 0 Å². The van der Waals surface area contributed by atoms with E-state index in [9.17, 15) is 5.11 Å². The molecule has 0 aliphatic heterocycles. The molecule has 0 bridgehead atoms. The number of aryl methyl sites for hydroxylation is 2. The highest BCUT2D eigenvalue weighted by molar-refractivity contribution is 5.63. The van der Waals surface area contributed by atoms with Crippen LogP contribution in [0.25, 0.3) is 5.76 Å². The van der Waals surface area contributed by atoms with Crippen molar-refractivity contribution in [3.05, 3.63) is 23.1 Å². The first-order chi connectivity index (χ1) is 5.83. The van der Waals surface area contributed by atoms with Crippen LogP contribution >= 0.6 is 0 Å². The zero-order valence-electron chi connectivity index (χ0n) is 7.00. The van der Waals surface area contributed by atoms with E-state index in [1.807, 2.05) is 13.0 Å². The quantitative estimate of drug-likeness (QED) is 0.693. The van der Waals surface area contributed by atoms with Crippen LogP contribution in [-0.2, 0) is 12.8 Å². The normalized spacial score (nSPS) is 15.6. The largest absolute Gasteiger partial charge is 0.507 e. The number of fused-ring (bicyclic) bond motifs is 1. The minimum atomic E-state index is 0.328. The van der Waals surface area contributed by atoms with Crippen molar-refractivity contribution in [1.29, 1.82) is 0 Å². The molecule has 1 aliphatic carbocycles. The number of aliphatic hydroxyl groups is 1. The molecule has 0 saturated heterocycles. The van der Waals surface area contributed by atoms with Crippen molar-refractivity contribution in [3.63, 3.8) is 0 Å². The minimum Gasteiger partial charge on any atom is -0.507 e. The molecule has 1 aromatic rings. The molecule has 64 valence electrons. The van der Waals surface area contributed by atoms with Crippen LogP contribution in [0.3, 0.4) is 0 Å². The van der Waals surface area contributed by atoms with Gasteiger partial charge in [-0.3, -0.25) is 0 Å². The van der Waals surface area contributed by atoms with Gasteiger partial charge in [-0.2, -0.15) is 0 Å². The number of aromatic nitrogens is 1. The Morgan fingerprint density at radius 2 is 2.50 bits per heavy atom.